The molecule has 1 aliphatic heterocycles. The van der Waals surface area contributed by atoms with Gasteiger partial charge in [0.2, 0.25) is 0 Å². The summed E-state index contributed by atoms with van der Waals surface area (Å²) in [4.78, 5) is 5.01. The lowest BCUT2D eigenvalue weighted by molar-refractivity contribution is 0.177. The van der Waals surface area contributed by atoms with Crippen LogP contribution in [0, 0.1) is 0 Å². The lowest BCUT2D eigenvalue weighted by Crippen LogP contribution is -2.49. The molecule has 1 saturated heterocycles. The van der Waals surface area contributed by atoms with Gasteiger partial charge < -0.3 is 4.90 Å². The molecule has 1 saturated carbocycles. The van der Waals surface area contributed by atoms with Gasteiger partial charge in [0.25, 0.3) is 0 Å². The Morgan fingerprint density at radius 3 is 2.65 bits per heavy atom. The van der Waals surface area contributed by atoms with Crippen molar-refractivity contribution in [1.82, 2.24) is 9.80 Å². The van der Waals surface area contributed by atoms with Crippen molar-refractivity contribution in [2.45, 2.75) is 38.1 Å². The fraction of sp³-hybridized carbons (Fsp3) is 0.562. The molecular weight excluding hydrogens is 284 g/mol. The Kier molecular flexibility index (Phi) is 4.97. The molecule has 4 heteroatoms. The zero-order chi connectivity index (χ0) is 13.8. The molecule has 2 aliphatic rings. The molecule has 1 heterocycles. The molecule has 0 radical (unpaired) electrons. The normalized spacial score (nSPS) is 21.6. The summed E-state index contributed by atoms with van der Waals surface area (Å²) < 4.78 is 1.12. The molecular formula is C16H22N2S2. The summed E-state index contributed by atoms with van der Waals surface area (Å²) in [5, 5.41) is 0. The Balaban J connectivity index is 1.54. The Labute approximate surface area is 131 Å². The molecule has 2 nitrogen and oxygen atoms in total. The van der Waals surface area contributed by atoms with Gasteiger partial charge >= 0.3 is 0 Å². The van der Waals surface area contributed by atoms with Crippen LogP contribution in [-0.4, -0.2) is 39.3 Å². The Bertz CT molecular complexity index is 443. The van der Waals surface area contributed by atoms with E-state index in [9.17, 15) is 0 Å². The Hall–Kier alpha value is -0.580. The second-order valence-corrected chi connectivity index (χ2v) is 7.30. The van der Waals surface area contributed by atoms with Crippen molar-refractivity contribution in [3.05, 3.63) is 35.9 Å². The van der Waals surface area contributed by atoms with E-state index in [-0.39, 0.29) is 0 Å². The van der Waals surface area contributed by atoms with Gasteiger partial charge in [0.05, 0.1) is 12.5 Å². The van der Waals surface area contributed by atoms with E-state index in [2.05, 4.69) is 40.1 Å². The van der Waals surface area contributed by atoms with E-state index >= 15 is 0 Å². The fourth-order valence-corrected chi connectivity index (χ4v) is 4.33. The summed E-state index contributed by atoms with van der Waals surface area (Å²) >= 11 is 7.40. The van der Waals surface area contributed by atoms with Gasteiger partial charge in [-0.15, -0.1) is 0 Å². The monoisotopic (exact) mass is 306 g/mol. The largest absolute Gasteiger partial charge is 0.341 e. The Morgan fingerprint density at radius 2 is 1.90 bits per heavy atom. The second-order valence-electron chi connectivity index (χ2n) is 5.72. The minimum absolute atomic E-state index is 0.703. The molecule has 0 amide bonds. The van der Waals surface area contributed by atoms with Crippen LogP contribution < -0.4 is 0 Å². The maximum atomic E-state index is 5.56. The number of hydrogen-bond acceptors (Lipinski definition) is 3. The van der Waals surface area contributed by atoms with Crippen LogP contribution in [0.3, 0.4) is 0 Å². The van der Waals surface area contributed by atoms with Crippen LogP contribution >= 0.6 is 24.0 Å². The highest BCUT2D eigenvalue weighted by Gasteiger charge is 2.29. The van der Waals surface area contributed by atoms with Crippen LogP contribution in [0.15, 0.2) is 30.3 Å². The molecule has 0 aromatic heterocycles. The van der Waals surface area contributed by atoms with Gasteiger partial charge in [-0.25, -0.2) is 0 Å². The van der Waals surface area contributed by atoms with Crippen molar-refractivity contribution in [3.63, 3.8) is 0 Å². The van der Waals surface area contributed by atoms with E-state index in [4.69, 9.17) is 12.2 Å². The third kappa shape index (κ3) is 3.54. The molecule has 0 unspecified atom stereocenters. The van der Waals surface area contributed by atoms with Gasteiger partial charge in [0.15, 0.2) is 0 Å². The SMILES string of the molecule is S=C1SCN(CCc2ccccc2)CN1C1CCCC1. The minimum atomic E-state index is 0.703. The predicted octanol–water partition coefficient (Wildman–Crippen LogP) is 3.72. The minimum Gasteiger partial charge on any atom is -0.341 e. The summed E-state index contributed by atoms with van der Waals surface area (Å²) in [5.41, 5.74) is 1.43. The highest BCUT2D eigenvalue weighted by atomic mass is 32.2. The van der Waals surface area contributed by atoms with Crippen LogP contribution in [-0.2, 0) is 6.42 Å². The van der Waals surface area contributed by atoms with Gasteiger partial charge in [0.1, 0.15) is 4.32 Å². The van der Waals surface area contributed by atoms with Gasteiger partial charge in [-0.2, -0.15) is 0 Å². The summed E-state index contributed by atoms with van der Waals surface area (Å²) in [5.74, 6) is 1.05. The molecule has 1 aromatic rings. The van der Waals surface area contributed by atoms with Crippen LogP contribution in [0.2, 0.25) is 0 Å². The molecule has 0 atom stereocenters. The molecule has 1 aromatic carbocycles. The summed E-state index contributed by atoms with van der Waals surface area (Å²) in [7, 11) is 0. The number of nitrogens with zero attached hydrogens (tertiary/aromatic N) is 2. The molecule has 108 valence electrons. The lowest BCUT2D eigenvalue weighted by atomic mass is 10.1. The van der Waals surface area contributed by atoms with Crippen molar-refractivity contribution in [2.24, 2.45) is 0 Å². The molecule has 20 heavy (non-hydrogen) atoms. The van der Waals surface area contributed by atoms with E-state index in [0.29, 0.717) is 6.04 Å². The van der Waals surface area contributed by atoms with Crippen molar-refractivity contribution in [3.8, 4) is 0 Å². The van der Waals surface area contributed by atoms with Crippen molar-refractivity contribution >= 4 is 28.3 Å². The maximum Gasteiger partial charge on any atom is 0.138 e. The lowest BCUT2D eigenvalue weighted by Gasteiger charge is -2.40. The van der Waals surface area contributed by atoms with E-state index < -0.39 is 0 Å². The first kappa shape index (κ1) is 14.4. The van der Waals surface area contributed by atoms with Crippen LogP contribution in [0.1, 0.15) is 31.2 Å². The highest BCUT2D eigenvalue weighted by molar-refractivity contribution is 8.22. The van der Waals surface area contributed by atoms with Crippen molar-refractivity contribution in [2.75, 3.05) is 19.1 Å². The van der Waals surface area contributed by atoms with Crippen molar-refractivity contribution < 1.29 is 0 Å². The second kappa shape index (κ2) is 6.92. The first-order valence-corrected chi connectivity index (χ1v) is 8.92. The molecule has 0 bridgehead atoms. The van der Waals surface area contributed by atoms with Crippen LogP contribution in [0.4, 0.5) is 0 Å². The number of thiocarbonyl (C=S) groups is 1. The van der Waals surface area contributed by atoms with Crippen molar-refractivity contribution in [1.29, 1.82) is 0 Å². The number of benzene rings is 1. The average Bonchev–Trinajstić information content (AvgIpc) is 3.01. The summed E-state index contributed by atoms with van der Waals surface area (Å²) in [6, 6.07) is 11.5. The number of hydrogen-bond donors (Lipinski definition) is 0. The molecule has 1 aliphatic carbocycles. The maximum absolute atomic E-state index is 5.56. The Morgan fingerprint density at radius 1 is 1.15 bits per heavy atom. The van der Waals surface area contributed by atoms with E-state index in [0.717, 1.165) is 29.8 Å². The highest BCUT2D eigenvalue weighted by Crippen LogP contribution is 2.29. The van der Waals surface area contributed by atoms with Gasteiger partial charge in [-0.1, -0.05) is 67.2 Å². The predicted molar refractivity (Wildman–Crippen MR) is 90.9 cm³/mol. The van der Waals surface area contributed by atoms with E-state index in [1.54, 1.807) is 0 Å². The van der Waals surface area contributed by atoms with Gasteiger partial charge in [-0.3, -0.25) is 4.90 Å². The zero-order valence-electron chi connectivity index (χ0n) is 11.8. The summed E-state index contributed by atoms with van der Waals surface area (Å²) in [6.07, 6.45) is 6.53. The third-order valence-electron chi connectivity index (χ3n) is 4.28. The summed E-state index contributed by atoms with van der Waals surface area (Å²) in [6.45, 7) is 2.16. The van der Waals surface area contributed by atoms with E-state index in [1.165, 1.54) is 31.2 Å². The van der Waals surface area contributed by atoms with Gasteiger partial charge in [0, 0.05) is 12.6 Å². The fourth-order valence-electron chi connectivity index (χ4n) is 3.09. The van der Waals surface area contributed by atoms with Crippen LogP contribution in [0.5, 0.6) is 0 Å². The zero-order valence-corrected chi connectivity index (χ0v) is 13.5. The standard InChI is InChI=1S/C16H22N2S2/c19-16-18(15-8-4-5-9-15)12-17(13-20-16)11-10-14-6-2-1-3-7-14/h1-3,6-7,15H,4-5,8-13H2. The third-order valence-corrected chi connectivity index (χ3v) is 5.85. The van der Waals surface area contributed by atoms with E-state index in [1.807, 2.05) is 11.8 Å². The smallest absolute Gasteiger partial charge is 0.138 e. The van der Waals surface area contributed by atoms with Gasteiger partial charge in [-0.05, 0) is 24.8 Å². The quantitative estimate of drug-likeness (QED) is 0.782. The molecule has 2 fully saturated rings. The number of thioether (sulfide) groups is 1. The molecule has 0 N–H and O–H groups in total. The molecule has 0 spiro atoms. The first-order chi connectivity index (χ1) is 9.83. The average molecular weight is 307 g/mol. The first-order valence-electron chi connectivity index (χ1n) is 7.52. The molecule has 3 rings (SSSR count). The number of rotatable bonds is 4. The topological polar surface area (TPSA) is 6.48 Å². The van der Waals surface area contributed by atoms with Crippen LogP contribution in [0.25, 0.3) is 0 Å².